The van der Waals surface area contributed by atoms with Gasteiger partial charge in [-0.1, -0.05) is 33.6 Å². The lowest BCUT2D eigenvalue weighted by Crippen LogP contribution is -2.04. The van der Waals surface area contributed by atoms with Crippen LogP contribution in [-0.4, -0.2) is 0 Å². The summed E-state index contributed by atoms with van der Waals surface area (Å²) in [6.07, 6.45) is 4.39. The molecule has 0 N–H and O–H groups in total. The van der Waals surface area contributed by atoms with Gasteiger partial charge < -0.3 is 0 Å². The van der Waals surface area contributed by atoms with Crippen molar-refractivity contribution in [3.05, 3.63) is 6.92 Å². The molecule has 1 aliphatic carbocycles. The van der Waals surface area contributed by atoms with Gasteiger partial charge in [-0.2, -0.15) is 0 Å². The highest BCUT2D eigenvalue weighted by Gasteiger charge is 2.24. The third-order valence-corrected chi connectivity index (χ3v) is 2.37. The van der Waals surface area contributed by atoms with Gasteiger partial charge in [0.15, 0.2) is 0 Å². The van der Waals surface area contributed by atoms with E-state index in [1.54, 1.807) is 0 Å². The summed E-state index contributed by atoms with van der Waals surface area (Å²) < 4.78 is 0. The molecule has 0 heteroatoms. The van der Waals surface area contributed by atoms with Crippen molar-refractivity contribution >= 4 is 0 Å². The summed E-state index contributed by atoms with van der Waals surface area (Å²) in [6.45, 7) is 8.55. The molecule has 0 aromatic heterocycles. The Morgan fingerprint density at radius 1 is 1.44 bits per heavy atom. The van der Waals surface area contributed by atoms with Crippen molar-refractivity contribution in [3.8, 4) is 0 Å². The largest absolute Gasteiger partial charge is 0.0623 e. The van der Waals surface area contributed by atoms with Gasteiger partial charge in [-0.15, -0.1) is 0 Å². The summed E-state index contributed by atoms with van der Waals surface area (Å²) in [7, 11) is 0. The molecule has 1 saturated carbocycles. The van der Waals surface area contributed by atoms with Crippen molar-refractivity contribution in [1.29, 1.82) is 0 Å². The Morgan fingerprint density at radius 3 is 2.33 bits per heavy atom. The summed E-state index contributed by atoms with van der Waals surface area (Å²) in [5.41, 5.74) is 0. The van der Waals surface area contributed by atoms with Crippen LogP contribution in [0.15, 0.2) is 0 Å². The van der Waals surface area contributed by atoms with E-state index >= 15 is 0 Å². The van der Waals surface area contributed by atoms with Crippen molar-refractivity contribution in [3.63, 3.8) is 0 Å². The van der Waals surface area contributed by atoms with Crippen LogP contribution in [0, 0.1) is 24.7 Å². The SMILES string of the molecule is [CH2]C(C)C(C)CC1CC1. The lowest BCUT2D eigenvalue weighted by Gasteiger charge is -2.13. The molecule has 1 radical (unpaired) electrons. The third-order valence-electron chi connectivity index (χ3n) is 2.37. The zero-order valence-corrected chi connectivity index (χ0v) is 6.56. The van der Waals surface area contributed by atoms with Crippen molar-refractivity contribution in [2.75, 3.05) is 0 Å². The zero-order chi connectivity index (χ0) is 6.85. The quantitative estimate of drug-likeness (QED) is 0.544. The van der Waals surface area contributed by atoms with Gasteiger partial charge in [0.25, 0.3) is 0 Å². The Hall–Kier alpha value is 0. The van der Waals surface area contributed by atoms with E-state index in [1.165, 1.54) is 19.3 Å². The smallest absolute Gasteiger partial charge is 0.0411 e. The van der Waals surface area contributed by atoms with Crippen LogP contribution in [0.2, 0.25) is 0 Å². The molecular formula is C9H17. The van der Waals surface area contributed by atoms with Crippen LogP contribution in [0.4, 0.5) is 0 Å². The molecule has 0 aromatic carbocycles. The number of hydrogen-bond donors (Lipinski definition) is 0. The van der Waals surface area contributed by atoms with E-state index in [9.17, 15) is 0 Å². The lowest BCUT2D eigenvalue weighted by molar-refractivity contribution is 0.403. The zero-order valence-electron chi connectivity index (χ0n) is 6.56. The van der Waals surface area contributed by atoms with E-state index in [4.69, 9.17) is 0 Å². The second-order valence-electron chi connectivity index (χ2n) is 3.63. The van der Waals surface area contributed by atoms with E-state index in [2.05, 4.69) is 20.8 Å². The summed E-state index contributed by atoms with van der Waals surface area (Å²) in [6, 6.07) is 0. The average Bonchev–Trinajstić information content (AvgIpc) is 2.50. The highest BCUT2D eigenvalue weighted by atomic mass is 14.3. The Labute approximate surface area is 58.7 Å². The van der Waals surface area contributed by atoms with Gasteiger partial charge in [-0.25, -0.2) is 0 Å². The second kappa shape index (κ2) is 2.72. The number of rotatable bonds is 3. The molecule has 1 rings (SSSR count). The van der Waals surface area contributed by atoms with Crippen LogP contribution in [0.25, 0.3) is 0 Å². The minimum absolute atomic E-state index is 0.644. The Balaban J connectivity index is 2.09. The second-order valence-corrected chi connectivity index (χ2v) is 3.63. The maximum atomic E-state index is 4.02. The lowest BCUT2D eigenvalue weighted by atomic mass is 9.93. The summed E-state index contributed by atoms with van der Waals surface area (Å²) in [5, 5.41) is 0. The molecule has 0 bridgehead atoms. The van der Waals surface area contributed by atoms with E-state index < -0.39 is 0 Å². The maximum absolute atomic E-state index is 4.02. The van der Waals surface area contributed by atoms with Gasteiger partial charge in [0, 0.05) is 0 Å². The van der Waals surface area contributed by atoms with Gasteiger partial charge >= 0.3 is 0 Å². The molecule has 0 saturated heterocycles. The Morgan fingerprint density at radius 2 is 2.00 bits per heavy atom. The predicted molar refractivity (Wildman–Crippen MR) is 41.0 cm³/mol. The predicted octanol–water partition coefficient (Wildman–Crippen LogP) is 2.89. The normalized spacial score (nSPS) is 22.7. The standard InChI is InChI=1S/C9H17/c1-7(2)8(3)6-9-4-5-9/h7-9H,1,4-6H2,2-3H3. The van der Waals surface area contributed by atoms with E-state index in [0.717, 1.165) is 11.8 Å². The fraction of sp³-hybridized carbons (Fsp3) is 0.889. The molecule has 0 amide bonds. The van der Waals surface area contributed by atoms with Crippen LogP contribution in [-0.2, 0) is 0 Å². The van der Waals surface area contributed by atoms with Crippen LogP contribution < -0.4 is 0 Å². The molecule has 0 aliphatic heterocycles. The topological polar surface area (TPSA) is 0 Å². The fourth-order valence-corrected chi connectivity index (χ4v) is 1.11. The molecule has 2 atom stereocenters. The van der Waals surface area contributed by atoms with E-state index in [1.807, 2.05) is 0 Å². The molecule has 0 nitrogen and oxygen atoms in total. The molecule has 0 heterocycles. The Kier molecular flexibility index (Phi) is 2.15. The van der Waals surface area contributed by atoms with Gasteiger partial charge in [0.05, 0.1) is 0 Å². The molecule has 0 spiro atoms. The van der Waals surface area contributed by atoms with Crippen molar-refractivity contribution in [1.82, 2.24) is 0 Å². The highest BCUT2D eigenvalue weighted by Crippen LogP contribution is 2.36. The van der Waals surface area contributed by atoms with Gasteiger partial charge in [0.1, 0.15) is 0 Å². The molecule has 9 heavy (non-hydrogen) atoms. The first-order valence-corrected chi connectivity index (χ1v) is 4.03. The summed E-state index contributed by atoms with van der Waals surface area (Å²) in [5.74, 6) is 2.56. The van der Waals surface area contributed by atoms with Gasteiger partial charge in [-0.05, 0) is 24.2 Å². The van der Waals surface area contributed by atoms with Crippen LogP contribution in [0.3, 0.4) is 0 Å². The van der Waals surface area contributed by atoms with Crippen LogP contribution in [0.5, 0.6) is 0 Å². The summed E-state index contributed by atoms with van der Waals surface area (Å²) >= 11 is 0. The van der Waals surface area contributed by atoms with Gasteiger partial charge in [0.2, 0.25) is 0 Å². The van der Waals surface area contributed by atoms with E-state index in [0.29, 0.717) is 5.92 Å². The first kappa shape index (κ1) is 7.11. The highest BCUT2D eigenvalue weighted by molar-refractivity contribution is 4.77. The Bertz CT molecular complexity index is 80.0. The van der Waals surface area contributed by atoms with Crippen molar-refractivity contribution < 1.29 is 0 Å². The van der Waals surface area contributed by atoms with Crippen LogP contribution in [0.1, 0.15) is 33.1 Å². The molecular weight excluding hydrogens is 108 g/mol. The maximum Gasteiger partial charge on any atom is -0.0411 e. The molecule has 1 aliphatic rings. The third kappa shape index (κ3) is 2.38. The molecule has 1 fully saturated rings. The fourth-order valence-electron chi connectivity index (χ4n) is 1.11. The minimum atomic E-state index is 0.644. The summed E-state index contributed by atoms with van der Waals surface area (Å²) in [4.78, 5) is 0. The minimum Gasteiger partial charge on any atom is -0.0623 e. The molecule has 2 unspecified atom stereocenters. The molecule has 0 aromatic rings. The van der Waals surface area contributed by atoms with Gasteiger partial charge in [-0.3, -0.25) is 0 Å². The first-order chi connectivity index (χ1) is 4.20. The van der Waals surface area contributed by atoms with E-state index in [-0.39, 0.29) is 0 Å². The van der Waals surface area contributed by atoms with Crippen molar-refractivity contribution in [2.45, 2.75) is 33.1 Å². The van der Waals surface area contributed by atoms with Crippen LogP contribution >= 0.6 is 0 Å². The first-order valence-electron chi connectivity index (χ1n) is 4.03. The molecule has 53 valence electrons. The number of hydrogen-bond acceptors (Lipinski definition) is 0. The average molecular weight is 125 g/mol. The van der Waals surface area contributed by atoms with Crippen molar-refractivity contribution in [2.24, 2.45) is 17.8 Å². The monoisotopic (exact) mass is 125 g/mol.